The lowest BCUT2D eigenvalue weighted by Gasteiger charge is -2.34. The Bertz CT molecular complexity index is 939. The predicted molar refractivity (Wildman–Crippen MR) is 109 cm³/mol. The van der Waals surface area contributed by atoms with Crippen LogP contribution in [0.25, 0.3) is 11.4 Å². The third-order valence-corrected chi connectivity index (χ3v) is 5.35. The Balaban J connectivity index is 1.44. The standard InChI is InChI=1S/C22H25N5O2/c1-29-18-10-7-16(8-11-18)9-12-20(28)27-14-3-2-6-19(27)22-24-21(25-26-22)17-5-4-13-23-15-17/h4-5,7-8,10-11,13,15,19H,2-3,6,9,12,14H2,1H3,(H,24,25,26). The number of nitrogens with one attached hydrogen (secondary N) is 1. The highest BCUT2D eigenvalue weighted by Crippen LogP contribution is 2.30. The first kappa shape index (κ1) is 19.1. The topological polar surface area (TPSA) is 84.0 Å². The summed E-state index contributed by atoms with van der Waals surface area (Å²) in [6, 6.07) is 11.6. The maximum absolute atomic E-state index is 13.0. The summed E-state index contributed by atoms with van der Waals surface area (Å²) in [7, 11) is 1.65. The van der Waals surface area contributed by atoms with Crippen LogP contribution in [0.5, 0.6) is 5.75 Å². The van der Waals surface area contributed by atoms with Gasteiger partial charge >= 0.3 is 0 Å². The van der Waals surface area contributed by atoms with E-state index in [1.54, 1.807) is 19.5 Å². The lowest BCUT2D eigenvalue weighted by molar-refractivity contribution is -0.135. The lowest BCUT2D eigenvalue weighted by Crippen LogP contribution is -2.39. The van der Waals surface area contributed by atoms with Gasteiger partial charge in [-0.25, -0.2) is 4.98 Å². The minimum Gasteiger partial charge on any atom is -0.497 e. The van der Waals surface area contributed by atoms with Crippen LogP contribution in [-0.4, -0.2) is 44.6 Å². The Morgan fingerprint density at radius 2 is 2.10 bits per heavy atom. The number of rotatable bonds is 6. The molecule has 2 aromatic heterocycles. The number of likely N-dealkylation sites (tertiary alicyclic amines) is 1. The molecule has 0 radical (unpaired) electrons. The summed E-state index contributed by atoms with van der Waals surface area (Å²) in [5.41, 5.74) is 1.99. The Labute approximate surface area is 170 Å². The van der Waals surface area contributed by atoms with Crippen molar-refractivity contribution in [1.82, 2.24) is 25.1 Å². The molecule has 1 fully saturated rings. The van der Waals surface area contributed by atoms with E-state index in [2.05, 4.69) is 20.2 Å². The van der Waals surface area contributed by atoms with E-state index >= 15 is 0 Å². The van der Waals surface area contributed by atoms with Crippen molar-refractivity contribution < 1.29 is 9.53 Å². The molecule has 1 aliphatic rings. The van der Waals surface area contributed by atoms with Gasteiger partial charge in [0.25, 0.3) is 0 Å². The second-order valence-corrected chi connectivity index (χ2v) is 7.23. The molecule has 29 heavy (non-hydrogen) atoms. The van der Waals surface area contributed by atoms with Crippen molar-refractivity contribution in [2.45, 2.75) is 38.1 Å². The number of carbonyl (C=O) groups is 1. The summed E-state index contributed by atoms with van der Waals surface area (Å²) in [5.74, 6) is 2.35. The van der Waals surface area contributed by atoms with Crippen LogP contribution in [0.15, 0.2) is 48.8 Å². The number of amides is 1. The molecule has 0 spiro atoms. The molecule has 3 aromatic rings. The van der Waals surface area contributed by atoms with E-state index in [-0.39, 0.29) is 11.9 Å². The summed E-state index contributed by atoms with van der Waals surface area (Å²) in [4.78, 5) is 23.7. The van der Waals surface area contributed by atoms with Crippen molar-refractivity contribution in [3.63, 3.8) is 0 Å². The van der Waals surface area contributed by atoms with Gasteiger partial charge in [0.1, 0.15) is 11.6 Å². The molecule has 1 aromatic carbocycles. The zero-order valence-electron chi connectivity index (χ0n) is 16.5. The number of hydrogen-bond acceptors (Lipinski definition) is 5. The average Bonchev–Trinajstić information content (AvgIpc) is 3.28. The van der Waals surface area contributed by atoms with Gasteiger partial charge in [-0.05, 0) is 55.5 Å². The van der Waals surface area contributed by atoms with Gasteiger partial charge < -0.3 is 9.64 Å². The molecule has 1 aliphatic heterocycles. The summed E-state index contributed by atoms with van der Waals surface area (Å²) >= 11 is 0. The van der Waals surface area contributed by atoms with Crippen LogP contribution in [0, 0.1) is 0 Å². The highest BCUT2D eigenvalue weighted by atomic mass is 16.5. The summed E-state index contributed by atoms with van der Waals surface area (Å²) in [6.07, 6.45) is 7.66. The smallest absolute Gasteiger partial charge is 0.223 e. The number of pyridine rings is 1. The van der Waals surface area contributed by atoms with Crippen LogP contribution >= 0.6 is 0 Å². The summed E-state index contributed by atoms with van der Waals surface area (Å²) in [5, 5.41) is 7.39. The minimum atomic E-state index is -0.0509. The van der Waals surface area contributed by atoms with Crippen LogP contribution in [-0.2, 0) is 11.2 Å². The Kier molecular flexibility index (Phi) is 5.84. The molecule has 1 unspecified atom stereocenters. The number of aromatic nitrogens is 4. The van der Waals surface area contributed by atoms with E-state index in [9.17, 15) is 4.79 Å². The van der Waals surface area contributed by atoms with Crippen molar-refractivity contribution in [3.05, 3.63) is 60.2 Å². The fourth-order valence-corrected chi connectivity index (χ4v) is 3.75. The van der Waals surface area contributed by atoms with Gasteiger partial charge in [0.05, 0.1) is 13.2 Å². The molecule has 0 saturated carbocycles. The monoisotopic (exact) mass is 391 g/mol. The van der Waals surface area contributed by atoms with Gasteiger partial charge in [0.15, 0.2) is 5.82 Å². The number of aryl methyl sites for hydroxylation is 1. The first-order chi connectivity index (χ1) is 14.2. The average molecular weight is 391 g/mol. The maximum atomic E-state index is 13.0. The molecular formula is C22H25N5O2. The van der Waals surface area contributed by atoms with Crippen molar-refractivity contribution in [2.24, 2.45) is 0 Å². The molecule has 1 N–H and O–H groups in total. The van der Waals surface area contributed by atoms with Crippen LogP contribution < -0.4 is 4.74 Å². The van der Waals surface area contributed by atoms with Gasteiger partial charge in [-0.15, -0.1) is 0 Å². The number of methoxy groups -OCH3 is 1. The third-order valence-electron chi connectivity index (χ3n) is 5.35. The zero-order chi connectivity index (χ0) is 20.1. The van der Waals surface area contributed by atoms with Crippen LogP contribution in [0.4, 0.5) is 0 Å². The Morgan fingerprint density at radius 1 is 1.24 bits per heavy atom. The summed E-state index contributed by atoms with van der Waals surface area (Å²) < 4.78 is 5.19. The molecular weight excluding hydrogens is 366 g/mol. The predicted octanol–water partition coefficient (Wildman–Crippen LogP) is 3.56. The third kappa shape index (κ3) is 4.45. The van der Waals surface area contributed by atoms with Crippen molar-refractivity contribution >= 4 is 5.91 Å². The SMILES string of the molecule is COc1ccc(CCC(=O)N2CCCCC2c2nc(-c3cccnc3)n[nH]2)cc1. The molecule has 0 bridgehead atoms. The van der Waals surface area contributed by atoms with E-state index in [0.29, 0.717) is 18.7 Å². The largest absolute Gasteiger partial charge is 0.497 e. The number of H-pyrrole nitrogens is 1. The van der Waals surface area contributed by atoms with Gasteiger partial charge in [-0.1, -0.05) is 12.1 Å². The first-order valence-electron chi connectivity index (χ1n) is 9.99. The molecule has 0 aliphatic carbocycles. The van der Waals surface area contributed by atoms with E-state index in [0.717, 1.165) is 48.5 Å². The molecule has 1 atom stereocenters. The second kappa shape index (κ2) is 8.86. The van der Waals surface area contributed by atoms with E-state index in [1.807, 2.05) is 41.3 Å². The van der Waals surface area contributed by atoms with Gasteiger partial charge in [0, 0.05) is 30.9 Å². The Hall–Kier alpha value is -3.22. The van der Waals surface area contributed by atoms with Gasteiger partial charge in [-0.2, -0.15) is 5.10 Å². The van der Waals surface area contributed by atoms with Crippen LogP contribution in [0.3, 0.4) is 0 Å². The van der Waals surface area contributed by atoms with Crippen LogP contribution in [0.2, 0.25) is 0 Å². The molecule has 7 nitrogen and oxygen atoms in total. The Morgan fingerprint density at radius 3 is 2.86 bits per heavy atom. The lowest BCUT2D eigenvalue weighted by atomic mass is 10.00. The van der Waals surface area contributed by atoms with E-state index in [4.69, 9.17) is 4.74 Å². The normalized spacial score (nSPS) is 16.6. The molecule has 3 heterocycles. The fourth-order valence-electron chi connectivity index (χ4n) is 3.75. The van der Waals surface area contributed by atoms with Gasteiger partial charge in [0.2, 0.25) is 5.91 Å². The number of piperidine rings is 1. The highest BCUT2D eigenvalue weighted by molar-refractivity contribution is 5.77. The number of ether oxygens (including phenoxy) is 1. The maximum Gasteiger partial charge on any atom is 0.223 e. The van der Waals surface area contributed by atoms with Crippen LogP contribution in [0.1, 0.15) is 43.1 Å². The molecule has 150 valence electrons. The first-order valence-corrected chi connectivity index (χ1v) is 9.99. The van der Waals surface area contributed by atoms with Gasteiger partial charge in [-0.3, -0.25) is 14.9 Å². The van der Waals surface area contributed by atoms with Crippen molar-refractivity contribution in [1.29, 1.82) is 0 Å². The molecule has 1 saturated heterocycles. The molecule has 4 rings (SSSR count). The summed E-state index contributed by atoms with van der Waals surface area (Å²) in [6.45, 7) is 0.759. The molecule has 1 amide bonds. The van der Waals surface area contributed by atoms with E-state index < -0.39 is 0 Å². The van der Waals surface area contributed by atoms with E-state index in [1.165, 1.54) is 0 Å². The zero-order valence-corrected chi connectivity index (χ0v) is 16.5. The minimum absolute atomic E-state index is 0.0509. The molecule has 7 heteroatoms. The fraction of sp³-hybridized carbons (Fsp3) is 0.364. The van der Waals surface area contributed by atoms with Crippen molar-refractivity contribution in [2.75, 3.05) is 13.7 Å². The number of aromatic amines is 1. The second-order valence-electron chi connectivity index (χ2n) is 7.23. The number of hydrogen-bond donors (Lipinski definition) is 1. The number of nitrogens with zero attached hydrogens (tertiary/aromatic N) is 4. The highest BCUT2D eigenvalue weighted by Gasteiger charge is 2.30. The van der Waals surface area contributed by atoms with Crippen molar-refractivity contribution in [3.8, 4) is 17.1 Å². The number of benzene rings is 1. The number of carbonyl (C=O) groups excluding carboxylic acids is 1. The quantitative estimate of drug-likeness (QED) is 0.695.